The van der Waals surface area contributed by atoms with Gasteiger partial charge < -0.3 is 14.6 Å². The number of carbonyl (C=O) groups excluding carboxylic acids is 1. The maximum absolute atomic E-state index is 12.7. The first-order valence-corrected chi connectivity index (χ1v) is 9.65. The molecule has 0 fully saturated rings. The molecular weight excluding hydrogens is 362 g/mol. The van der Waals surface area contributed by atoms with Crippen LogP contribution < -0.4 is 10.1 Å². The maximum Gasteiger partial charge on any atom is 0.244 e. The Hall–Kier alpha value is -3.60. The van der Waals surface area contributed by atoms with E-state index in [1.54, 1.807) is 7.11 Å². The van der Waals surface area contributed by atoms with E-state index in [0.717, 1.165) is 41.1 Å². The zero-order valence-electron chi connectivity index (χ0n) is 16.3. The molecule has 0 atom stereocenters. The van der Waals surface area contributed by atoms with E-state index in [0.29, 0.717) is 0 Å². The molecule has 146 valence electrons. The number of methoxy groups -OCH3 is 1. The number of aryl methyl sites for hydroxylation is 2. The summed E-state index contributed by atoms with van der Waals surface area (Å²) < 4.78 is 7.17. The van der Waals surface area contributed by atoms with Crippen LogP contribution in [0.4, 0.5) is 5.69 Å². The van der Waals surface area contributed by atoms with Crippen molar-refractivity contribution in [1.82, 2.24) is 9.55 Å². The van der Waals surface area contributed by atoms with Gasteiger partial charge in [0.05, 0.1) is 18.1 Å². The van der Waals surface area contributed by atoms with Crippen molar-refractivity contribution in [3.05, 3.63) is 90.3 Å². The summed E-state index contributed by atoms with van der Waals surface area (Å²) in [5.41, 5.74) is 3.88. The van der Waals surface area contributed by atoms with Gasteiger partial charge in [-0.15, -0.1) is 0 Å². The minimum atomic E-state index is -0.0840. The third-order valence-corrected chi connectivity index (χ3v) is 4.89. The molecule has 29 heavy (non-hydrogen) atoms. The molecule has 0 unspecified atom stereocenters. The van der Waals surface area contributed by atoms with Crippen LogP contribution in [0.15, 0.2) is 78.9 Å². The number of imidazole rings is 1. The molecule has 1 N–H and O–H groups in total. The van der Waals surface area contributed by atoms with Gasteiger partial charge in [-0.25, -0.2) is 4.98 Å². The van der Waals surface area contributed by atoms with Gasteiger partial charge in [0.2, 0.25) is 5.91 Å². The molecule has 0 bridgehead atoms. The highest BCUT2D eigenvalue weighted by atomic mass is 16.5. The van der Waals surface area contributed by atoms with Crippen molar-refractivity contribution in [2.24, 2.45) is 0 Å². The molecule has 0 radical (unpaired) electrons. The molecule has 0 aliphatic rings. The van der Waals surface area contributed by atoms with Gasteiger partial charge in [0.15, 0.2) is 0 Å². The summed E-state index contributed by atoms with van der Waals surface area (Å²) >= 11 is 0. The van der Waals surface area contributed by atoms with E-state index < -0.39 is 0 Å². The quantitative estimate of drug-likeness (QED) is 0.511. The molecule has 5 nitrogen and oxygen atoms in total. The van der Waals surface area contributed by atoms with Crippen LogP contribution in [0.25, 0.3) is 11.0 Å². The number of nitrogens with zero attached hydrogens (tertiary/aromatic N) is 2. The molecule has 0 spiro atoms. The first-order chi connectivity index (χ1) is 14.2. The Labute approximate surface area is 170 Å². The molecule has 1 heterocycles. The lowest BCUT2D eigenvalue weighted by molar-refractivity contribution is -0.116. The third-order valence-electron chi connectivity index (χ3n) is 4.89. The van der Waals surface area contributed by atoms with Crippen molar-refractivity contribution < 1.29 is 9.53 Å². The van der Waals surface area contributed by atoms with Crippen LogP contribution >= 0.6 is 0 Å². The highest BCUT2D eigenvalue weighted by Crippen LogP contribution is 2.19. The van der Waals surface area contributed by atoms with Gasteiger partial charge in [0.1, 0.15) is 18.1 Å². The van der Waals surface area contributed by atoms with Gasteiger partial charge in [-0.2, -0.15) is 0 Å². The van der Waals surface area contributed by atoms with Crippen molar-refractivity contribution in [1.29, 1.82) is 0 Å². The molecule has 0 saturated carbocycles. The van der Waals surface area contributed by atoms with Crippen molar-refractivity contribution in [2.75, 3.05) is 12.4 Å². The summed E-state index contributed by atoms with van der Waals surface area (Å²) in [4.78, 5) is 17.5. The number of amides is 1. The second-order valence-electron chi connectivity index (χ2n) is 6.87. The van der Waals surface area contributed by atoms with E-state index in [4.69, 9.17) is 9.72 Å². The number of hydrogen-bond acceptors (Lipinski definition) is 3. The molecule has 0 aliphatic heterocycles. The smallest absolute Gasteiger partial charge is 0.244 e. The normalized spacial score (nSPS) is 10.8. The lowest BCUT2D eigenvalue weighted by atomic mass is 10.1. The summed E-state index contributed by atoms with van der Waals surface area (Å²) in [5, 5.41) is 2.95. The summed E-state index contributed by atoms with van der Waals surface area (Å²) in [5.74, 6) is 1.59. The number of ether oxygens (including phenoxy) is 1. The number of anilines is 1. The number of rotatable bonds is 7. The first kappa shape index (κ1) is 18.7. The van der Waals surface area contributed by atoms with Gasteiger partial charge in [-0.1, -0.05) is 42.5 Å². The second kappa shape index (κ2) is 8.61. The molecular formula is C24H23N3O2. The molecule has 1 aromatic heterocycles. The number of carbonyl (C=O) groups is 1. The third kappa shape index (κ3) is 4.46. The van der Waals surface area contributed by atoms with Crippen molar-refractivity contribution in [3.63, 3.8) is 0 Å². The van der Waals surface area contributed by atoms with Crippen LogP contribution in [0.3, 0.4) is 0 Å². The zero-order chi connectivity index (χ0) is 20.1. The fourth-order valence-electron chi connectivity index (χ4n) is 3.41. The van der Waals surface area contributed by atoms with E-state index in [1.807, 2.05) is 71.3 Å². The van der Waals surface area contributed by atoms with Crippen LogP contribution in [-0.2, 0) is 24.2 Å². The summed E-state index contributed by atoms with van der Waals surface area (Å²) in [6.45, 7) is 0.219. The molecule has 1 amide bonds. The van der Waals surface area contributed by atoms with E-state index in [9.17, 15) is 4.79 Å². The molecule has 5 heteroatoms. The first-order valence-electron chi connectivity index (χ1n) is 9.65. The molecule has 3 aromatic carbocycles. The summed E-state index contributed by atoms with van der Waals surface area (Å²) in [7, 11) is 1.62. The molecule has 4 rings (SSSR count). The van der Waals surface area contributed by atoms with Gasteiger partial charge in [-0.05, 0) is 48.4 Å². The number of benzene rings is 3. The summed E-state index contributed by atoms with van der Waals surface area (Å²) in [6.07, 6.45) is 1.65. The predicted molar refractivity (Wildman–Crippen MR) is 115 cm³/mol. The molecule has 0 saturated heterocycles. The molecule has 4 aromatic rings. The van der Waals surface area contributed by atoms with Crippen LogP contribution in [0.2, 0.25) is 0 Å². The topological polar surface area (TPSA) is 56.1 Å². The van der Waals surface area contributed by atoms with E-state index >= 15 is 0 Å². The number of aromatic nitrogens is 2. The number of nitrogens with one attached hydrogen (secondary N) is 1. The second-order valence-corrected chi connectivity index (χ2v) is 6.87. The predicted octanol–water partition coefficient (Wildman–Crippen LogP) is 4.47. The SMILES string of the molecule is COc1ccc(NC(=O)Cn2c(CCc3ccccc3)nc3ccccc32)cc1. The Kier molecular flexibility index (Phi) is 5.56. The minimum absolute atomic E-state index is 0.0840. The van der Waals surface area contributed by atoms with Gasteiger partial charge in [-0.3, -0.25) is 4.79 Å². The largest absolute Gasteiger partial charge is 0.497 e. The van der Waals surface area contributed by atoms with Crippen LogP contribution in [0, 0.1) is 0 Å². The monoisotopic (exact) mass is 385 g/mol. The lowest BCUT2D eigenvalue weighted by Crippen LogP contribution is -2.20. The Morgan fingerprint density at radius 1 is 0.931 bits per heavy atom. The van der Waals surface area contributed by atoms with Gasteiger partial charge in [0.25, 0.3) is 0 Å². The number of para-hydroxylation sites is 2. The fourth-order valence-corrected chi connectivity index (χ4v) is 3.41. The standard InChI is InChI=1S/C24H23N3O2/c1-29-20-14-12-19(13-15-20)25-24(28)17-27-22-10-6-5-9-21(22)26-23(27)16-11-18-7-3-2-4-8-18/h2-10,12-15H,11,16-17H2,1H3,(H,25,28). The fraction of sp³-hybridized carbons (Fsp3) is 0.167. The van der Waals surface area contributed by atoms with Crippen molar-refractivity contribution in [2.45, 2.75) is 19.4 Å². The summed E-state index contributed by atoms with van der Waals surface area (Å²) in [6, 6.07) is 25.6. The Morgan fingerprint density at radius 3 is 2.41 bits per heavy atom. The zero-order valence-corrected chi connectivity index (χ0v) is 16.3. The van der Waals surface area contributed by atoms with E-state index in [1.165, 1.54) is 5.56 Å². The Bertz CT molecular complexity index is 1100. The van der Waals surface area contributed by atoms with E-state index in [-0.39, 0.29) is 12.5 Å². The van der Waals surface area contributed by atoms with Crippen LogP contribution in [0.5, 0.6) is 5.75 Å². The van der Waals surface area contributed by atoms with Crippen molar-refractivity contribution in [3.8, 4) is 5.75 Å². The average Bonchev–Trinajstić information content (AvgIpc) is 3.11. The highest BCUT2D eigenvalue weighted by Gasteiger charge is 2.14. The van der Waals surface area contributed by atoms with Gasteiger partial charge >= 0.3 is 0 Å². The van der Waals surface area contributed by atoms with Crippen LogP contribution in [0.1, 0.15) is 11.4 Å². The lowest BCUT2D eigenvalue weighted by Gasteiger charge is -2.11. The van der Waals surface area contributed by atoms with Gasteiger partial charge in [0, 0.05) is 12.1 Å². The Morgan fingerprint density at radius 2 is 1.66 bits per heavy atom. The van der Waals surface area contributed by atoms with Crippen molar-refractivity contribution >= 4 is 22.6 Å². The van der Waals surface area contributed by atoms with Crippen LogP contribution in [-0.4, -0.2) is 22.6 Å². The molecule has 0 aliphatic carbocycles. The highest BCUT2D eigenvalue weighted by molar-refractivity contribution is 5.91. The van der Waals surface area contributed by atoms with E-state index in [2.05, 4.69) is 17.4 Å². The number of hydrogen-bond donors (Lipinski definition) is 1. The average molecular weight is 385 g/mol. The minimum Gasteiger partial charge on any atom is -0.497 e. The Balaban J connectivity index is 1.53. The number of fused-ring (bicyclic) bond motifs is 1. The maximum atomic E-state index is 12.7.